The molecule has 0 radical (unpaired) electrons. The van der Waals surface area contributed by atoms with Crippen LogP contribution in [0.15, 0.2) is 30.6 Å². The van der Waals surface area contributed by atoms with Gasteiger partial charge in [-0.05, 0) is 18.1 Å². The molecule has 2 N–H and O–H groups in total. The summed E-state index contributed by atoms with van der Waals surface area (Å²) >= 11 is 0. The highest BCUT2D eigenvalue weighted by Gasteiger charge is 2.29. The lowest BCUT2D eigenvalue weighted by molar-refractivity contribution is -0.383. The average molecular weight is 372 g/mol. The Labute approximate surface area is 157 Å². The molecule has 3 rings (SSSR count). The summed E-state index contributed by atoms with van der Waals surface area (Å²) in [6.45, 7) is 5.43. The van der Waals surface area contributed by atoms with Gasteiger partial charge in [0.05, 0.1) is 11.5 Å². The minimum absolute atomic E-state index is 0.110. The van der Waals surface area contributed by atoms with Gasteiger partial charge in [-0.3, -0.25) is 15.0 Å². The number of β-amino-alcohol motifs (C(OH)–C–C–N with tert-alkyl or cyclic N) is 1. The number of aryl methyl sites for hydroxylation is 1. The molecule has 1 aliphatic rings. The molecule has 0 amide bonds. The van der Waals surface area contributed by atoms with Gasteiger partial charge in [-0.2, -0.15) is 0 Å². The Morgan fingerprint density at radius 1 is 1.22 bits per heavy atom. The van der Waals surface area contributed by atoms with E-state index in [-0.39, 0.29) is 18.1 Å². The summed E-state index contributed by atoms with van der Waals surface area (Å²) in [5, 5.41) is 24.0. The highest BCUT2D eigenvalue weighted by Crippen LogP contribution is 2.34. The van der Waals surface area contributed by atoms with Crippen molar-refractivity contribution in [3.63, 3.8) is 0 Å². The fourth-order valence-electron chi connectivity index (χ4n) is 3.26. The number of aliphatic hydroxyl groups is 1. The summed E-state index contributed by atoms with van der Waals surface area (Å²) in [5.74, 6) is 0.527. The van der Waals surface area contributed by atoms with Gasteiger partial charge >= 0.3 is 5.69 Å². The summed E-state index contributed by atoms with van der Waals surface area (Å²) in [5.41, 5.74) is 1.75. The number of rotatable bonds is 7. The number of aromatic nitrogens is 2. The molecule has 1 aromatic heterocycles. The van der Waals surface area contributed by atoms with Crippen LogP contribution in [0.4, 0.5) is 23.0 Å². The minimum Gasteiger partial charge on any atom is -0.395 e. The lowest BCUT2D eigenvalue weighted by atomic mass is 10.1. The molecule has 0 bridgehead atoms. The zero-order chi connectivity index (χ0) is 19.2. The third kappa shape index (κ3) is 4.32. The molecule has 9 nitrogen and oxygen atoms in total. The van der Waals surface area contributed by atoms with Crippen molar-refractivity contribution in [2.24, 2.45) is 0 Å². The van der Waals surface area contributed by atoms with E-state index in [1.807, 2.05) is 36.1 Å². The Kier molecular flexibility index (Phi) is 6.15. The number of nitrogens with one attached hydrogen (secondary N) is 1. The monoisotopic (exact) mass is 372 g/mol. The Morgan fingerprint density at radius 2 is 1.96 bits per heavy atom. The SMILES string of the molecule is CCc1ccccc1Nc1ncnc(N2CCN(CCO)CC2)c1[N+](=O)[O-]. The first-order valence-corrected chi connectivity index (χ1v) is 9.06. The van der Waals surface area contributed by atoms with Gasteiger partial charge in [-0.25, -0.2) is 9.97 Å². The number of piperazine rings is 1. The summed E-state index contributed by atoms with van der Waals surface area (Å²) in [4.78, 5) is 23.8. The van der Waals surface area contributed by atoms with Crippen LogP contribution in [-0.4, -0.2) is 64.2 Å². The first-order valence-electron chi connectivity index (χ1n) is 9.06. The van der Waals surface area contributed by atoms with Gasteiger partial charge < -0.3 is 15.3 Å². The maximum absolute atomic E-state index is 11.8. The molecule has 0 unspecified atom stereocenters. The number of anilines is 3. The first-order chi connectivity index (χ1) is 13.1. The largest absolute Gasteiger partial charge is 0.395 e. The van der Waals surface area contributed by atoms with E-state index in [9.17, 15) is 10.1 Å². The molecule has 0 aliphatic carbocycles. The van der Waals surface area contributed by atoms with Crippen molar-refractivity contribution in [2.75, 3.05) is 49.5 Å². The van der Waals surface area contributed by atoms with Crippen molar-refractivity contribution in [2.45, 2.75) is 13.3 Å². The van der Waals surface area contributed by atoms with Crippen LogP contribution in [0.3, 0.4) is 0 Å². The molecule has 0 spiro atoms. The standard InChI is InChI=1S/C18H24N6O3/c1-2-14-5-3-4-6-15(14)21-17-16(24(26)27)18(20-13-19-17)23-9-7-22(8-10-23)11-12-25/h3-6,13,25H,2,7-12H2,1H3,(H,19,20,21). The normalized spacial score (nSPS) is 15.0. The number of para-hydroxylation sites is 1. The van der Waals surface area contributed by atoms with Crippen molar-refractivity contribution in [1.82, 2.24) is 14.9 Å². The van der Waals surface area contributed by atoms with E-state index >= 15 is 0 Å². The molecule has 1 aliphatic heterocycles. The molecule has 1 saturated heterocycles. The van der Waals surface area contributed by atoms with E-state index < -0.39 is 4.92 Å². The number of aliphatic hydroxyl groups excluding tert-OH is 1. The topological polar surface area (TPSA) is 108 Å². The second kappa shape index (κ2) is 8.74. The first kappa shape index (κ1) is 19.0. The third-order valence-corrected chi connectivity index (χ3v) is 4.72. The Hall–Kier alpha value is -2.78. The van der Waals surface area contributed by atoms with E-state index in [0.717, 1.165) is 30.8 Å². The predicted molar refractivity (Wildman–Crippen MR) is 104 cm³/mol. The summed E-state index contributed by atoms with van der Waals surface area (Å²) < 4.78 is 0. The van der Waals surface area contributed by atoms with Gasteiger partial charge in [0.25, 0.3) is 0 Å². The minimum atomic E-state index is -0.424. The third-order valence-electron chi connectivity index (χ3n) is 4.72. The van der Waals surface area contributed by atoms with Gasteiger partial charge in [-0.15, -0.1) is 0 Å². The van der Waals surface area contributed by atoms with Crippen molar-refractivity contribution < 1.29 is 10.0 Å². The highest BCUT2D eigenvalue weighted by molar-refractivity contribution is 5.75. The second-order valence-corrected chi connectivity index (χ2v) is 6.34. The molecule has 27 heavy (non-hydrogen) atoms. The Bertz CT molecular complexity index is 792. The van der Waals surface area contributed by atoms with Crippen LogP contribution in [0.1, 0.15) is 12.5 Å². The number of hydrogen-bond donors (Lipinski definition) is 2. The van der Waals surface area contributed by atoms with E-state index in [0.29, 0.717) is 25.5 Å². The highest BCUT2D eigenvalue weighted by atomic mass is 16.6. The van der Waals surface area contributed by atoms with Crippen LogP contribution in [0.25, 0.3) is 0 Å². The van der Waals surface area contributed by atoms with Crippen LogP contribution >= 0.6 is 0 Å². The van der Waals surface area contributed by atoms with E-state index in [1.165, 1.54) is 6.33 Å². The van der Waals surface area contributed by atoms with Crippen LogP contribution < -0.4 is 10.2 Å². The lowest BCUT2D eigenvalue weighted by Crippen LogP contribution is -2.47. The summed E-state index contributed by atoms with van der Waals surface area (Å²) in [7, 11) is 0. The van der Waals surface area contributed by atoms with Crippen LogP contribution in [0.2, 0.25) is 0 Å². The molecule has 0 saturated carbocycles. The summed E-state index contributed by atoms with van der Waals surface area (Å²) in [6, 6.07) is 7.69. The Morgan fingerprint density at radius 3 is 2.63 bits per heavy atom. The molecule has 0 atom stereocenters. The molecule has 144 valence electrons. The molecule has 2 aromatic rings. The van der Waals surface area contributed by atoms with Crippen LogP contribution in [-0.2, 0) is 6.42 Å². The molecule has 9 heteroatoms. The van der Waals surface area contributed by atoms with Gasteiger partial charge in [0.2, 0.25) is 11.6 Å². The van der Waals surface area contributed by atoms with E-state index in [2.05, 4.69) is 20.2 Å². The Balaban J connectivity index is 1.88. The van der Waals surface area contributed by atoms with Crippen LogP contribution in [0.5, 0.6) is 0 Å². The van der Waals surface area contributed by atoms with Crippen molar-refractivity contribution in [3.8, 4) is 0 Å². The van der Waals surface area contributed by atoms with Crippen molar-refractivity contribution >= 4 is 23.0 Å². The maximum atomic E-state index is 11.8. The number of nitrogens with zero attached hydrogens (tertiary/aromatic N) is 5. The predicted octanol–water partition coefficient (Wildman–Crippen LogP) is 1.81. The molecular weight excluding hydrogens is 348 g/mol. The number of nitro groups is 1. The fraction of sp³-hybridized carbons (Fsp3) is 0.444. The summed E-state index contributed by atoms with van der Waals surface area (Å²) in [6.07, 6.45) is 2.17. The zero-order valence-electron chi connectivity index (χ0n) is 15.3. The molecule has 2 heterocycles. The molecule has 1 aromatic carbocycles. The van der Waals surface area contributed by atoms with Crippen molar-refractivity contribution in [1.29, 1.82) is 0 Å². The quantitative estimate of drug-likeness (QED) is 0.560. The smallest absolute Gasteiger partial charge is 0.353 e. The maximum Gasteiger partial charge on any atom is 0.353 e. The van der Waals surface area contributed by atoms with Gasteiger partial charge in [0.1, 0.15) is 6.33 Å². The number of benzene rings is 1. The van der Waals surface area contributed by atoms with Gasteiger partial charge in [0.15, 0.2) is 0 Å². The van der Waals surface area contributed by atoms with Gasteiger partial charge in [0, 0.05) is 38.4 Å². The molecule has 1 fully saturated rings. The van der Waals surface area contributed by atoms with Gasteiger partial charge in [-0.1, -0.05) is 25.1 Å². The zero-order valence-corrected chi connectivity index (χ0v) is 15.3. The van der Waals surface area contributed by atoms with Crippen molar-refractivity contribution in [3.05, 3.63) is 46.3 Å². The van der Waals surface area contributed by atoms with E-state index in [1.54, 1.807) is 0 Å². The van der Waals surface area contributed by atoms with E-state index in [4.69, 9.17) is 5.11 Å². The number of hydrogen-bond acceptors (Lipinski definition) is 8. The second-order valence-electron chi connectivity index (χ2n) is 6.34. The van der Waals surface area contributed by atoms with Crippen LogP contribution in [0, 0.1) is 10.1 Å². The lowest BCUT2D eigenvalue weighted by Gasteiger charge is -2.34. The fourth-order valence-corrected chi connectivity index (χ4v) is 3.26. The molecular formula is C18H24N6O3. The average Bonchev–Trinajstić information content (AvgIpc) is 2.69.